The van der Waals surface area contributed by atoms with Gasteiger partial charge in [0.15, 0.2) is 0 Å². The molecule has 6 nitrogen and oxygen atoms in total. The van der Waals surface area contributed by atoms with Gasteiger partial charge in [0.2, 0.25) is 0 Å². The third kappa shape index (κ3) is 6.35. The maximum Gasteiger partial charge on any atom is 0.255 e. The van der Waals surface area contributed by atoms with E-state index in [-0.39, 0.29) is 24.3 Å². The number of nitrogens with one attached hydrogen (secondary N) is 3. The van der Waals surface area contributed by atoms with E-state index in [1.165, 1.54) is 24.3 Å². The lowest BCUT2D eigenvalue weighted by Crippen LogP contribution is -2.34. The fraction of sp³-hybridized carbons (Fsp3) is 0.0870. The van der Waals surface area contributed by atoms with Crippen molar-refractivity contribution in [3.05, 3.63) is 98.9 Å². The Morgan fingerprint density at radius 2 is 1.26 bits per heavy atom. The molecule has 0 saturated carbocycles. The van der Waals surface area contributed by atoms with Gasteiger partial charge in [0.05, 0.1) is 5.56 Å². The smallest absolute Gasteiger partial charge is 0.255 e. The number of benzene rings is 3. The molecule has 0 aliphatic carbocycles. The SMILES string of the molecule is O=C(NCCNC(=O)c1ccccc1I)c1ccc(NC(=O)c2ccc(F)cc2)cc1. The van der Waals surface area contributed by atoms with Crippen molar-refractivity contribution >= 4 is 46.0 Å². The van der Waals surface area contributed by atoms with Crippen LogP contribution in [0.5, 0.6) is 0 Å². The molecule has 158 valence electrons. The van der Waals surface area contributed by atoms with Crippen LogP contribution in [0.4, 0.5) is 10.1 Å². The molecule has 0 aromatic heterocycles. The Hall–Kier alpha value is -3.27. The molecule has 3 aromatic carbocycles. The number of anilines is 1. The zero-order chi connectivity index (χ0) is 22.2. The van der Waals surface area contributed by atoms with Crippen molar-refractivity contribution in [3.8, 4) is 0 Å². The van der Waals surface area contributed by atoms with Gasteiger partial charge < -0.3 is 16.0 Å². The van der Waals surface area contributed by atoms with Crippen LogP contribution < -0.4 is 16.0 Å². The van der Waals surface area contributed by atoms with Crippen LogP contribution in [0.3, 0.4) is 0 Å². The maximum atomic E-state index is 13.0. The van der Waals surface area contributed by atoms with Crippen LogP contribution in [0.15, 0.2) is 72.8 Å². The van der Waals surface area contributed by atoms with Crippen molar-refractivity contribution in [2.24, 2.45) is 0 Å². The summed E-state index contributed by atoms with van der Waals surface area (Å²) in [7, 11) is 0. The van der Waals surface area contributed by atoms with Crippen molar-refractivity contribution < 1.29 is 18.8 Å². The molecule has 31 heavy (non-hydrogen) atoms. The van der Waals surface area contributed by atoms with Gasteiger partial charge in [-0.05, 0) is 83.3 Å². The molecule has 0 radical (unpaired) electrons. The van der Waals surface area contributed by atoms with Gasteiger partial charge in [0, 0.05) is 33.5 Å². The van der Waals surface area contributed by atoms with E-state index in [0.29, 0.717) is 28.9 Å². The Balaban J connectivity index is 1.45. The molecule has 3 rings (SSSR count). The summed E-state index contributed by atoms with van der Waals surface area (Å²) >= 11 is 2.10. The van der Waals surface area contributed by atoms with Crippen molar-refractivity contribution in [3.63, 3.8) is 0 Å². The van der Waals surface area contributed by atoms with E-state index >= 15 is 0 Å². The second kappa shape index (κ2) is 10.7. The van der Waals surface area contributed by atoms with Crippen LogP contribution in [0.25, 0.3) is 0 Å². The Labute approximate surface area is 192 Å². The van der Waals surface area contributed by atoms with Crippen LogP contribution in [0.1, 0.15) is 31.1 Å². The average molecular weight is 531 g/mol. The standard InChI is InChI=1S/C23H19FIN3O3/c24-17-9-5-16(6-10-17)22(30)28-18-11-7-15(8-12-18)21(29)26-13-14-27-23(31)19-3-1-2-4-20(19)25/h1-12H,13-14H2,(H,26,29)(H,27,31)(H,28,30). The molecule has 3 N–H and O–H groups in total. The van der Waals surface area contributed by atoms with E-state index < -0.39 is 5.82 Å². The second-order valence-corrected chi connectivity index (χ2v) is 7.69. The third-order valence-electron chi connectivity index (χ3n) is 4.33. The summed E-state index contributed by atoms with van der Waals surface area (Å²) < 4.78 is 13.8. The van der Waals surface area contributed by atoms with E-state index in [2.05, 4.69) is 38.5 Å². The number of halogens is 2. The second-order valence-electron chi connectivity index (χ2n) is 6.53. The molecular weight excluding hydrogens is 512 g/mol. The van der Waals surface area contributed by atoms with E-state index in [4.69, 9.17) is 0 Å². The topological polar surface area (TPSA) is 87.3 Å². The first-order valence-corrected chi connectivity index (χ1v) is 10.5. The summed E-state index contributed by atoms with van der Waals surface area (Å²) in [5.41, 5.74) is 1.85. The summed E-state index contributed by atoms with van der Waals surface area (Å²) in [5, 5.41) is 8.19. The lowest BCUT2D eigenvalue weighted by Gasteiger charge is -2.09. The third-order valence-corrected chi connectivity index (χ3v) is 5.27. The molecule has 0 atom stereocenters. The Morgan fingerprint density at radius 3 is 1.90 bits per heavy atom. The van der Waals surface area contributed by atoms with E-state index in [1.807, 2.05) is 12.1 Å². The fourth-order valence-electron chi connectivity index (χ4n) is 2.70. The quantitative estimate of drug-likeness (QED) is 0.320. The Kier molecular flexibility index (Phi) is 7.71. The molecular formula is C23H19FIN3O3. The molecule has 3 aromatic rings. The van der Waals surface area contributed by atoms with Gasteiger partial charge >= 0.3 is 0 Å². The minimum absolute atomic E-state index is 0.194. The highest BCUT2D eigenvalue weighted by molar-refractivity contribution is 14.1. The van der Waals surface area contributed by atoms with Crippen molar-refractivity contribution in [2.45, 2.75) is 0 Å². The number of rotatable bonds is 7. The summed E-state index contributed by atoms with van der Waals surface area (Å²) in [6, 6.07) is 18.8. The van der Waals surface area contributed by atoms with Crippen molar-refractivity contribution in [1.29, 1.82) is 0 Å². The molecule has 0 bridgehead atoms. The number of hydrogen-bond acceptors (Lipinski definition) is 3. The predicted molar refractivity (Wildman–Crippen MR) is 125 cm³/mol. The number of carbonyl (C=O) groups excluding carboxylic acids is 3. The monoisotopic (exact) mass is 531 g/mol. The molecule has 0 saturated heterocycles. The fourth-order valence-corrected chi connectivity index (χ4v) is 3.34. The normalized spacial score (nSPS) is 10.3. The summed E-state index contributed by atoms with van der Waals surface area (Å²) in [5.74, 6) is -1.28. The van der Waals surface area contributed by atoms with Crippen LogP contribution in [-0.2, 0) is 0 Å². The summed E-state index contributed by atoms with van der Waals surface area (Å²) in [6.45, 7) is 0.568. The van der Waals surface area contributed by atoms with Gasteiger partial charge in [-0.1, -0.05) is 12.1 Å². The molecule has 0 spiro atoms. The van der Waals surface area contributed by atoms with Gasteiger partial charge in [0.25, 0.3) is 17.7 Å². The lowest BCUT2D eigenvalue weighted by molar-refractivity contribution is 0.0927. The van der Waals surface area contributed by atoms with Gasteiger partial charge in [-0.2, -0.15) is 0 Å². The first kappa shape index (κ1) is 22.4. The molecule has 0 aliphatic heterocycles. The number of amides is 3. The van der Waals surface area contributed by atoms with Crippen molar-refractivity contribution in [1.82, 2.24) is 10.6 Å². The number of carbonyl (C=O) groups is 3. The van der Waals surface area contributed by atoms with Crippen LogP contribution in [-0.4, -0.2) is 30.8 Å². The van der Waals surface area contributed by atoms with Gasteiger partial charge in [0.1, 0.15) is 5.82 Å². The van der Waals surface area contributed by atoms with Crippen LogP contribution in [0, 0.1) is 9.39 Å². The maximum absolute atomic E-state index is 13.0. The molecule has 0 fully saturated rings. The highest BCUT2D eigenvalue weighted by atomic mass is 127. The lowest BCUT2D eigenvalue weighted by atomic mass is 10.1. The van der Waals surface area contributed by atoms with Gasteiger partial charge in [-0.3, -0.25) is 14.4 Å². The zero-order valence-electron chi connectivity index (χ0n) is 16.3. The van der Waals surface area contributed by atoms with Crippen LogP contribution >= 0.6 is 22.6 Å². The molecule has 0 heterocycles. The Bertz CT molecular complexity index is 1090. The highest BCUT2D eigenvalue weighted by Gasteiger charge is 2.10. The average Bonchev–Trinajstić information content (AvgIpc) is 2.77. The summed E-state index contributed by atoms with van der Waals surface area (Å²) in [6.07, 6.45) is 0. The zero-order valence-corrected chi connectivity index (χ0v) is 18.5. The largest absolute Gasteiger partial charge is 0.350 e. The van der Waals surface area contributed by atoms with E-state index in [9.17, 15) is 18.8 Å². The van der Waals surface area contributed by atoms with Gasteiger partial charge in [-0.15, -0.1) is 0 Å². The predicted octanol–water partition coefficient (Wildman–Crippen LogP) is 3.84. The minimum Gasteiger partial charge on any atom is -0.350 e. The first-order valence-electron chi connectivity index (χ1n) is 9.42. The van der Waals surface area contributed by atoms with E-state index in [0.717, 1.165) is 3.57 Å². The summed E-state index contributed by atoms with van der Waals surface area (Å²) in [4.78, 5) is 36.5. The Morgan fingerprint density at radius 1 is 0.710 bits per heavy atom. The highest BCUT2D eigenvalue weighted by Crippen LogP contribution is 2.13. The number of hydrogen-bond donors (Lipinski definition) is 3. The van der Waals surface area contributed by atoms with Crippen LogP contribution in [0.2, 0.25) is 0 Å². The van der Waals surface area contributed by atoms with Gasteiger partial charge in [-0.25, -0.2) is 4.39 Å². The minimum atomic E-state index is -0.415. The molecule has 8 heteroatoms. The van der Waals surface area contributed by atoms with E-state index in [1.54, 1.807) is 36.4 Å². The molecule has 0 aliphatic rings. The first-order chi connectivity index (χ1) is 14.9. The van der Waals surface area contributed by atoms with Crippen molar-refractivity contribution in [2.75, 3.05) is 18.4 Å². The molecule has 0 unspecified atom stereocenters. The molecule has 3 amide bonds.